The molecular formula is C52H97O9P. The zero-order valence-electron chi connectivity index (χ0n) is 40.1. The van der Waals surface area contributed by atoms with Crippen molar-refractivity contribution in [3.05, 3.63) is 48.6 Å². The monoisotopic (exact) mass is 897 g/mol. The van der Waals surface area contributed by atoms with Crippen molar-refractivity contribution in [2.24, 2.45) is 0 Å². The standard InChI is InChI=1S/C52H97O9P/c1-3-5-7-9-11-13-15-17-19-21-23-24-25-26-27-28-30-32-34-36-38-40-42-44-52(55)61-51(49-60-62(56,57)59-47-50(54)46-53)48-58-45-43-41-39-37-35-33-31-29-22-20-18-16-14-12-10-8-6-4-2/h6,8,12,14,18,20-21,23,50-51,53-54H,3-5,7,9-11,13,15-17,19,22,24-49H2,1-2H3,(H,56,57)/b8-6-,14-12-,20-18-,23-21-. The number of aliphatic hydroxyl groups is 2. The molecule has 0 radical (unpaired) electrons. The molecule has 3 atom stereocenters. The van der Waals surface area contributed by atoms with E-state index in [0.29, 0.717) is 6.61 Å². The summed E-state index contributed by atoms with van der Waals surface area (Å²) in [5.41, 5.74) is 0. The van der Waals surface area contributed by atoms with Crippen LogP contribution in [-0.2, 0) is 27.9 Å². The molecular weight excluding hydrogens is 800 g/mol. The molecule has 364 valence electrons. The smallest absolute Gasteiger partial charge is 0.457 e. The van der Waals surface area contributed by atoms with E-state index < -0.39 is 33.2 Å². The highest BCUT2D eigenvalue weighted by Crippen LogP contribution is 2.43. The van der Waals surface area contributed by atoms with E-state index in [1.165, 1.54) is 148 Å². The van der Waals surface area contributed by atoms with Crippen LogP contribution in [0.1, 0.15) is 232 Å². The Hall–Kier alpha value is -1.58. The Morgan fingerprint density at radius 1 is 0.516 bits per heavy atom. The minimum absolute atomic E-state index is 0.0441. The third kappa shape index (κ3) is 47.9. The molecule has 0 aromatic carbocycles. The van der Waals surface area contributed by atoms with Crippen LogP contribution in [0.4, 0.5) is 0 Å². The van der Waals surface area contributed by atoms with Crippen molar-refractivity contribution in [1.29, 1.82) is 0 Å². The first-order chi connectivity index (χ1) is 30.3. The largest absolute Gasteiger partial charge is 0.472 e. The highest BCUT2D eigenvalue weighted by Gasteiger charge is 2.26. The quantitative estimate of drug-likeness (QED) is 0.0236. The van der Waals surface area contributed by atoms with E-state index in [1.54, 1.807) is 0 Å². The highest BCUT2D eigenvalue weighted by atomic mass is 31.2. The highest BCUT2D eigenvalue weighted by molar-refractivity contribution is 7.47. The van der Waals surface area contributed by atoms with E-state index in [2.05, 4.69) is 62.5 Å². The van der Waals surface area contributed by atoms with Crippen molar-refractivity contribution >= 4 is 13.8 Å². The number of ether oxygens (including phenoxy) is 2. The van der Waals surface area contributed by atoms with Gasteiger partial charge in [0.15, 0.2) is 0 Å². The lowest BCUT2D eigenvalue weighted by Gasteiger charge is -2.20. The van der Waals surface area contributed by atoms with Crippen molar-refractivity contribution < 1.29 is 43.0 Å². The fourth-order valence-corrected chi connectivity index (χ4v) is 7.92. The van der Waals surface area contributed by atoms with Crippen LogP contribution in [-0.4, -0.2) is 66.3 Å². The number of hydrogen-bond donors (Lipinski definition) is 3. The molecule has 0 aromatic rings. The van der Waals surface area contributed by atoms with Crippen LogP contribution in [0, 0.1) is 0 Å². The predicted molar refractivity (Wildman–Crippen MR) is 260 cm³/mol. The molecule has 10 heteroatoms. The number of esters is 1. The molecule has 3 unspecified atom stereocenters. The first-order valence-corrected chi connectivity index (χ1v) is 27.1. The van der Waals surface area contributed by atoms with Crippen LogP contribution in [0.25, 0.3) is 0 Å². The topological polar surface area (TPSA) is 132 Å². The van der Waals surface area contributed by atoms with Gasteiger partial charge in [-0.25, -0.2) is 4.57 Å². The average Bonchev–Trinajstić information content (AvgIpc) is 3.26. The lowest BCUT2D eigenvalue weighted by atomic mass is 10.0. The minimum Gasteiger partial charge on any atom is -0.457 e. The minimum atomic E-state index is -4.53. The Labute approximate surface area is 381 Å². The van der Waals surface area contributed by atoms with E-state index >= 15 is 0 Å². The maximum Gasteiger partial charge on any atom is 0.472 e. The Kier molecular flexibility index (Phi) is 47.6. The van der Waals surface area contributed by atoms with Crippen LogP contribution >= 0.6 is 7.82 Å². The van der Waals surface area contributed by atoms with Gasteiger partial charge in [-0.2, -0.15) is 0 Å². The summed E-state index contributed by atoms with van der Waals surface area (Å²) >= 11 is 0. The van der Waals surface area contributed by atoms with Crippen molar-refractivity contribution in [3.8, 4) is 0 Å². The third-order valence-corrected chi connectivity index (χ3v) is 11.9. The number of aliphatic hydroxyl groups excluding tert-OH is 2. The van der Waals surface area contributed by atoms with E-state index in [4.69, 9.17) is 23.6 Å². The summed E-state index contributed by atoms with van der Waals surface area (Å²) in [5.74, 6) is -0.384. The fourth-order valence-electron chi connectivity index (χ4n) is 7.13. The van der Waals surface area contributed by atoms with Crippen LogP contribution < -0.4 is 0 Å². The van der Waals surface area contributed by atoms with Gasteiger partial charge >= 0.3 is 13.8 Å². The molecule has 0 rings (SSSR count). The van der Waals surface area contributed by atoms with E-state index in [1.807, 2.05) is 0 Å². The van der Waals surface area contributed by atoms with Gasteiger partial charge in [-0.1, -0.05) is 204 Å². The van der Waals surface area contributed by atoms with Crippen LogP contribution in [0.15, 0.2) is 48.6 Å². The summed E-state index contributed by atoms with van der Waals surface area (Å²) < 4.78 is 33.5. The van der Waals surface area contributed by atoms with Gasteiger partial charge < -0.3 is 24.6 Å². The second kappa shape index (κ2) is 48.9. The van der Waals surface area contributed by atoms with E-state index in [-0.39, 0.29) is 25.6 Å². The third-order valence-electron chi connectivity index (χ3n) is 11.0. The molecule has 0 aromatic heterocycles. The molecule has 0 amide bonds. The Morgan fingerprint density at radius 3 is 1.40 bits per heavy atom. The Morgan fingerprint density at radius 2 is 0.919 bits per heavy atom. The molecule has 0 fully saturated rings. The van der Waals surface area contributed by atoms with E-state index in [0.717, 1.165) is 64.2 Å². The number of unbranched alkanes of at least 4 members (excludes halogenated alkanes) is 27. The van der Waals surface area contributed by atoms with Gasteiger partial charge in [-0.3, -0.25) is 13.8 Å². The zero-order chi connectivity index (χ0) is 45.3. The van der Waals surface area contributed by atoms with E-state index in [9.17, 15) is 19.4 Å². The molecule has 0 aliphatic carbocycles. The van der Waals surface area contributed by atoms with Crippen molar-refractivity contribution in [1.82, 2.24) is 0 Å². The van der Waals surface area contributed by atoms with Crippen molar-refractivity contribution in [2.75, 3.05) is 33.0 Å². The van der Waals surface area contributed by atoms with Gasteiger partial charge in [0.1, 0.15) is 12.2 Å². The molecule has 0 aliphatic heterocycles. The normalized spacial score (nSPS) is 14.2. The summed E-state index contributed by atoms with van der Waals surface area (Å²) in [7, 11) is -4.53. The van der Waals surface area contributed by atoms with Crippen LogP contribution in [0.5, 0.6) is 0 Å². The number of allylic oxidation sites excluding steroid dienone is 8. The summed E-state index contributed by atoms with van der Waals surface area (Å²) in [4.78, 5) is 22.7. The number of carbonyl (C=O) groups is 1. The van der Waals surface area contributed by atoms with Crippen LogP contribution in [0.2, 0.25) is 0 Å². The number of carbonyl (C=O) groups excluding carboxylic acids is 1. The summed E-state index contributed by atoms with van der Waals surface area (Å²) in [6, 6.07) is 0. The number of rotatable bonds is 49. The summed E-state index contributed by atoms with van der Waals surface area (Å²) in [6.07, 6.45) is 56.5. The molecule has 0 bridgehead atoms. The molecule has 9 nitrogen and oxygen atoms in total. The van der Waals surface area contributed by atoms with Crippen molar-refractivity contribution in [3.63, 3.8) is 0 Å². The molecule has 3 N–H and O–H groups in total. The maximum atomic E-state index is 12.7. The van der Waals surface area contributed by atoms with Gasteiger partial charge in [0.2, 0.25) is 0 Å². The van der Waals surface area contributed by atoms with Gasteiger partial charge in [0.25, 0.3) is 0 Å². The molecule has 0 aliphatic rings. The first kappa shape index (κ1) is 60.4. The molecule has 0 saturated heterocycles. The molecule has 0 spiro atoms. The lowest BCUT2D eigenvalue weighted by molar-refractivity contribution is -0.154. The van der Waals surface area contributed by atoms with Crippen molar-refractivity contribution in [2.45, 2.75) is 244 Å². The SMILES string of the molecule is CC/C=C\C/C=C\C/C=C\CCCCCCCCCCOCC(COP(=O)(O)OCC(O)CO)OC(=O)CCCCCCCCCCCCC/C=C\CCCCCCCCCC. The Balaban J connectivity index is 4.06. The molecule has 0 saturated carbocycles. The molecule has 62 heavy (non-hydrogen) atoms. The fraction of sp³-hybridized carbons (Fsp3) is 0.827. The average molecular weight is 897 g/mol. The van der Waals surface area contributed by atoms with Gasteiger partial charge in [-0.05, 0) is 70.6 Å². The number of phosphoric ester groups is 1. The van der Waals surface area contributed by atoms with Gasteiger partial charge in [0.05, 0.1) is 26.4 Å². The van der Waals surface area contributed by atoms with Crippen LogP contribution in [0.3, 0.4) is 0 Å². The molecule has 0 heterocycles. The second-order valence-electron chi connectivity index (χ2n) is 17.2. The summed E-state index contributed by atoms with van der Waals surface area (Å²) in [6.45, 7) is 3.42. The Bertz CT molecular complexity index is 1110. The maximum absolute atomic E-state index is 12.7. The predicted octanol–water partition coefficient (Wildman–Crippen LogP) is 14.9. The number of phosphoric acid groups is 1. The lowest BCUT2D eigenvalue weighted by Crippen LogP contribution is -2.29. The number of hydrogen-bond acceptors (Lipinski definition) is 8. The first-order valence-electron chi connectivity index (χ1n) is 25.6. The summed E-state index contributed by atoms with van der Waals surface area (Å²) in [5, 5.41) is 18.4. The second-order valence-corrected chi connectivity index (χ2v) is 18.6. The van der Waals surface area contributed by atoms with Gasteiger partial charge in [-0.15, -0.1) is 0 Å². The zero-order valence-corrected chi connectivity index (χ0v) is 41.0. The van der Waals surface area contributed by atoms with Gasteiger partial charge in [0, 0.05) is 13.0 Å².